The number of allylic oxidation sites excluding steroid dienone is 2. The van der Waals surface area contributed by atoms with Crippen molar-refractivity contribution in [2.24, 2.45) is 11.3 Å². The molecule has 36 heavy (non-hydrogen) atoms. The van der Waals surface area contributed by atoms with E-state index in [9.17, 15) is 19.5 Å². The molecular formula is C29H44N2O5. The number of aliphatic hydroxyl groups is 1. The Labute approximate surface area is 216 Å². The molecule has 0 aliphatic heterocycles. The van der Waals surface area contributed by atoms with Crippen LogP contribution in [0.4, 0.5) is 0 Å². The second kappa shape index (κ2) is 16.7. The Morgan fingerprint density at radius 3 is 2.39 bits per heavy atom. The molecule has 0 radical (unpaired) electrons. The van der Waals surface area contributed by atoms with Crippen LogP contribution in [0.5, 0.6) is 0 Å². The Morgan fingerprint density at radius 1 is 1.11 bits per heavy atom. The molecule has 0 heterocycles. The maximum absolute atomic E-state index is 13.2. The number of aliphatic hydroxyl groups excluding tert-OH is 1. The van der Waals surface area contributed by atoms with E-state index >= 15 is 0 Å². The van der Waals surface area contributed by atoms with Crippen LogP contribution in [0, 0.1) is 11.3 Å². The van der Waals surface area contributed by atoms with Crippen molar-refractivity contribution in [3.63, 3.8) is 0 Å². The number of nitrogens with one attached hydrogen (secondary N) is 1. The Balaban J connectivity index is 2.81. The summed E-state index contributed by atoms with van der Waals surface area (Å²) in [6, 6.07) is 9.11. The quantitative estimate of drug-likeness (QED) is 0.188. The molecule has 0 bridgehead atoms. The SMILES string of the molecule is C=CCCCCC(=O)OCC(NC(=O)C(CC=C)CC(=O)N(CCO)Cc1ccccc1)C(C)(C)C. The highest BCUT2D eigenvalue weighted by Gasteiger charge is 2.31. The Bertz CT molecular complexity index is 832. The molecule has 0 fully saturated rings. The Hall–Kier alpha value is -2.93. The summed E-state index contributed by atoms with van der Waals surface area (Å²) in [5.41, 5.74) is 0.584. The van der Waals surface area contributed by atoms with Gasteiger partial charge in [0.05, 0.1) is 18.6 Å². The molecule has 0 aliphatic rings. The Kier molecular flexibility index (Phi) is 14.4. The van der Waals surface area contributed by atoms with Gasteiger partial charge >= 0.3 is 5.97 Å². The van der Waals surface area contributed by atoms with Gasteiger partial charge in [0.1, 0.15) is 6.61 Å². The summed E-state index contributed by atoms with van der Waals surface area (Å²) in [6.07, 6.45) is 6.57. The molecule has 0 saturated carbocycles. The number of amides is 2. The van der Waals surface area contributed by atoms with Gasteiger partial charge in [-0.15, -0.1) is 13.2 Å². The zero-order chi connectivity index (χ0) is 27.0. The van der Waals surface area contributed by atoms with Gasteiger partial charge in [0, 0.05) is 25.9 Å². The van der Waals surface area contributed by atoms with Crippen molar-refractivity contribution in [3.8, 4) is 0 Å². The normalized spacial score (nSPS) is 12.8. The van der Waals surface area contributed by atoms with Crippen molar-refractivity contribution in [1.82, 2.24) is 10.2 Å². The van der Waals surface area contributed by atoms with Crippen LogP contribution in [0.1, 0.15) is 64.9 Å². The van der Waals surface area contributed by atoms with Gasteiger partial charge in [-0.1, -0.05) is 63.3 Å². The van der Waals surface area contributed by atoms with E-state index in [4.69, 9.17) is 4.74 Å². The molecule has 1 aromatic carbocycles. The van der Waals surface area contributed by atoms with E-state index in [1.807, 2.05) is 57.2 Å². The molecule has 1 rings (SSSR count). The monoisotopic (exact) mass is 500 g/mol. The number of esters is 1. The van der Waals surface area contributed by atoms with Gasteiger partial charge in [0.15, 0.2) is 0 Å². The third kappa shape index (κ3) is 12.2. The van der Waals surface area contributed by atoms with E-state index in [0.29, 0.717) is 19.4 Å². The minimum Gasteiger partial charge on any atom is -0.463 e. The maximum Gasteiger partial charge on any atom is 0.305 e. The van der Waals surface area contributed by atoms with E-state index in [1.54, 1.807) is 11.0 Å². The first-order valence-electron chi connectivity index (χ1n) is 12.7. The number of benzene rings is 1. The predicted molar refractivity (Wildman–Crippen MR) is 143 cm³/mol. The van der Waals surface area contributed by atoms with Crippen molar-refractivity contribution >= 4 is 17.8 Å². The smallest absolute Gasteiger partial charge is 0.305 e. The van der Waals surface area contributed by atoms with Crippen molar-refractivity contribution < 1.29 is 24.2 Å². The lowest BCUT2D eigenvalue weighted by Crippen LogP contribution is -2.49. The lowest BCUT2D eigenvalue weighted by atomic mass is 9.86. The van der Waals surface area contributed by atoms with Crippen LogP contribution in [0.25, 0.3) is 0 Å². The third-order valence-electron chi connectivity index (χ3n) is 5.99. The van der Waals surface area contributed by atoms with E-state index in [2.05, 4.69) is 18.5 Å². The van der Waals surface area contributed by atoms with Crippen LogP contribution in [0.2, 0.25) is 0 Å². The molecule has 0 aromatic heterocycles. The van der Waals surface area contributed by atoms with Crippen molar-refractivity contribution in [1.29, 1.82) is 0 Å². The summed E-state index contributed by atoms with van der Waals surface area (Å²) in [5, 5.41) is 12.5. The highest BCUT2D eigenvalue weighted by atomic mass is 16.5. The number of hydrogen-bond acceptors (Lipinski definition) is 5. The van der Waals surface area contributed by atoms with Gasteiger partial charge in [-0.25, -0.2) is 0 Å². The number of unbranched alkanes of at least 4 members (excludes halogenated alkanes) is 2. The average Bonchev–Trinajstić information content (AvgIpc) is 2.83. The van der Waals surface area contributed by atoms with E-state index in [0.717, 1.165) is 24.8 Å². The molecule has 200 valence electrons. The van der Waals surface area contributed by atoms with Gasteiger partial charge in [-0.2, -0.15) is 0 Å². The van der Waals surface area contributed by atoms with Crippen molar-refractivity contribution in [3.05, 3.63) is 61.2 Å². The number of nitrogens with zero attached hydrogens (tertiary/aromatic N) is 1. The summed E-state index contributed by atoms with van der Waals surface area (Å²) in [5.74, 6) is -1.41. The fourth-order valence-electron chi connectivity index (χ4n) is 3.64. The molecule has 0 saturated heterocycles. The molecule has 1 aromatic rings. The van der Waals surface area contributed by atoms with Crippen LogP contribution in [0.15, 0.2) is 55.6 Å². The van der Waals surface area contributed by atoms with Crippen LogP contribution in [-0.4, -0.2) is 53.6 Å². The summed E-state index contributed by atoms with van der Waals surface area (Å²) in [7, 11) is 0. The van der Waals surface area contributed by atoms with E-state index in [1.165, 1.54) is 0 Å². The molecule has 7 heteroatoms. The van der Waals surface area contributed by atoms with Gasteiger partial charge in [-0.05, 0) is 36.7 Å². The number of hydrogen-bond donors (Lipinski definition) is 2. The summed E-state index contributed by atoms with van der Waals surface area (Å²) < 4.78 is 5.47. The third-order valence-corrected chi connectivity index (χ3v) is 5.99. The van der Waals surface area contributed by atoms with E-state index < -0.39 is 12.0 Å². The number of carbonyl (C=O) groups is 3. The second-order valence-electron chi connectivity index (χ2n) is 10.1. The van der Waals surface area contributed by atoms with Gasteiger partial charge in [0.2, 0.25) is 11.8 Å². The highest BCUT2D eigenvalue weighted by Crippen LogP contribution is 2.22. The fourth-order valence-corrected chi connectivity index (χ4v) is 3.64. The zero-order valence-corrected chi connectivity index (χ0v) is 22.2. The first-order valence-corrected chi connectivity index (χ1v) is 12.7. The van der Waals surface area contributed by atoms with Crippen molar-refractivity contribution in [2.45, 2.75) is 71.9 Å². The fraction of sp³-hybridized carbons (Fsp3) is 0.552. The minimum atomic E-state index is -0.619. The van der Waals surface area contributed by atoms with E-state index in [-0.39, 0.29) is 49.4 Å². The van der Waals surface area contributed by atoms with Gasteiger partial charge in [-0.3, -0.25) is 14.4 Å². The lowest BCUT2D eigenvalue weighted by molar-refractivity contribution is -0.146. The highest BCUT2D eigenvalue weighted by molar-refractivity contribution is 5.86. The zero-order valence-electron chi connectivity index (χ0n) is 22.2. The number of carbonyl (C=O) groups excluding carboxylic acids is 3. The standard InChI is InChI=1S/C29H44N2O5/c1-6-8-9-13-17-27(34)36-22-25(29(3,4)5)30-28(35)24(14-7-2)20-26(33)31(18-19-32)21-23-15-11-10-12-16-23/h6-7,10-12,15-16,24-25,32H,1-2,8-9,13-14,17-22H2,3-5H3,(H,30,35). The number of ether oxygens (including phenoxy) is 1. The van der Waals surface area contributed by atoms with Crippen LogP contribution >= 0.6 is 0 Å². The first-order chi connectivity index (χ1) is 17.1. The second-order valence-corrected chi connectivity index (χ2v) is 10.1. The van der Waals surface area contributed by atoms with Gasteiger partial charge in [0.25, 0.3) is 0 Å². The minimum absolute atomic E-state index is 0.00928. The van der Waals surface area contributed by atoms with Crippen LogP contribution in [0.3, 0.4) is 0 Å². The van der Waals surface area contributed by atoms with Crippen LogP contribution in [-0.2, 0) is 25.7 Å². The largest absolute Gasteiger partial charge is 0.463 e. The molecule has 2 unspecified atom stereocenters. The molecule has 7 nitrogen and oxygen atoms in total. The van der Waals surface area contributed by atoms with Gasteiger partial charge < -0.3 is 20.1 Å². The van der Waals surface area contributed by atoms with Crippen LogP contribution < -0.4 is 5.32 Å². The molecule has 2 N–H and O–H groups in total. The topological polar surface area (TPSA) is 95.9 Å². The Morgan fingerprint density at radius 2 is 1.81 bits per heavy atom. The molecule has 2 amide bonds. The molecular weight excluding hydrogens is 456 g/mol. The summed E-state index contributed by atoms with van der Waals surface area (Å²) in [6.45, 7) is 13.8. The summed E-state index contributed by atoms with van der Waals surface area (Å²) in [4.78, 5) is 40.0. The predicted octanol–water partition coefficient (Wildman–Crippen LogP) is 4.41. The summed E-state index contributed by atoms with van der Waals surface area (Å²) >= 11 is 0. The molecule has 0 spiro atoms. The molecule has 2 atom stereocenters. The number of rotatable bonds is 17. The molecule has 0 aliphatic carbocycles. The first kappa shape index (κ1) is 31.1. The van der Waals surface area contributed by atoms with Crippen molar-refractivity contribution in [2.75, 3.05) is 19.8 Å². The lowest BCUT2D eigenvalue weighted by Gasteiger charge is -2.32. The average molecular weight is 501 g/mol. The maximum atomic E-state index is 13.2.